The highest BCUT2D eigenvalue weighted by atomic mass is 35.5. The summed E-state index contributed by atoms with van der Waals surface area (Å²) in [4.78, 5) is 1.18. The van der Waals surface area contributed by atoms with Crippen molar-refractivity contribution in [2.45, 2.75) is 36.2 Å². The molecule has 82 valence electrons. The number of rotatable bonds is 3. The average Bonchev–Trinajstić information content (AvgIpc) is 2.65. The van der Waals surface area contributed by atoms with Gasteiger partial charge >= 0.3 is 0 Å². The van der Waals surface area contributed by atoms with Crippen LogP contribution in [0.5, 0.6) is 0 Å². The molecule has 1 aromatic rings. The lowest BCUT2D eigenvalue weighted by Gasteiger charge is -2.21. The summed E-state index contributed by atoms with van der Waals surface area (Å²) in [6.45, 7) is 0. The minimum atomic E-state index is -0.426. The van der Waals surface area contributed by atoms with Crippen molar-refractivity contribution in [3.8, 4) is 0 Å². The normalized spacial score (nSPS) is 19.3. The predicted octanol–water partition coefficient (Wildman–Crippen LogP) is 3.74. The second-order valence-corrected chi connectivity index (χ2v) is 5.66. The quantitative estimate of drug-likeness (QED) is 0.815. The fourth-order valence-corrected chi connectivity index (χ4v) is 3.10. The van der Waals surface area contributed by atoms with E-state index in [-0.39, 0.29) is 0 Å². The van der Waals surface area contributed by atoms with E-state index < -0.39 is 5.60 Å². The zero-order chi connectivity index (χ0) is 10.7. The van der Waals surface area contributed by atoms with Gasteiger partial charge in [0, 0.05) is 15.7 Å². The summed E-state index contributed by atoms with van der Waals surface area (Å²) in [5, 5.41) is 10.9. The molecule has 1 aliphatic rings. The van der Waals surface area contributed by atoms with Gasteiger partial charge < -0.3 is 5.11 Å². The highest BCUT2D eigenvalue weighted by Crippen LogP contribution is 2.34. The summed E-state index contributed by atoms with van der Waals surface area (Å²) < 4.78 is 0. The maximum Gasteiger partial charge on any atom is 0.0741 e. The first-order chi connectivity index (χ1) is 7.18. The zero-order valence-electron chi connectivity index (χ0n) is 8.58. The van der Waals surface area contributed by atoms with E-state index in [2.05, 4.69) is 0 Å². The van der Waals surface area contributed by atoms with Crippen molar-refractivity contribution in [1.29, 1.82) is 0 Å². The minimum Gasteiger partial charge on any atom is -0.389 e. The van der Waals surface area contributed by atoms with Crippen molar-refractivity contribution in [3.63, 3.8) is 0 Å². The number of hydrogen-bond donors (Lipinski definition) is 1. The van der Waals surface area contributed by atoms with Crippen LogP contribution >= 0.6 is 23.4 Å². The van der Waals surface area contributed by atoms with Crippen LogP contribution < -0.4 is 0 Å². The van der Waals surface area contributed by atoms with Gasteiger partial charge in [0.1, 0.15) is 0 Å². The molecule has 1 aromatic carbocycles. The molecule has 0 bridgehead atoms. The number of hydrogen-bond acceptors (Lipinski definition) is 2. The van der Waals surface area contributed by atoms with Gasteiger partial charge in [-0.15, -0.1) is 11.8 Å². The third-order valence-corrected chi connectivity index (χ3v) is 4.39. The molecule has 0 radical (unpaired) electrons. The Bertz CT molecular complexity index is 317. The fourth-order valence-electron chi connectivity index (χ4n) is 1.93. The van der Waals surface area contributed by atoms with E-state index in [9.17, 15) is 5.11 Å². The Kier molecular flexibility index (Phi) is 3.60. The fraction of sp³-hybridized carbons (Fsp3) is 0.500. The lowest BCUT2D eigenvalue weighted by Crippen LogP contribution is -2.26. The molecular weight excluding hydrogens is 228 g/mol. The summed E-state index contributed by atoms with van der Waals surface area (Å²) in [6, 6.07) is 7.79. The molecule has 0 aromatic heterocycles. The smallest absolute Gasteiger partial charge is 0.0741 e. The van der Waals surface area contributed by atoms with Crippen LogP contribution in [0.15, 0.2) is 29.2 Å². The number of halogens is 1. The van der Waals surface area contributed by atoms with E-state index in [1.807, 2.05) is 24.3 Å². The summed E-state index contributed by atoms with van der Waals surface area (Å²) >= 11 is 7.52. The van der Waals surface area contributed by atoms with Gasteiger partial charge in [-0.2, -0.15) is 0 Å². The standard InChI is InChI=1S/C12H15ClOS/c13-10-3-5-11(6-4-10)15-9-12(14)7-1-2-8-12/h3-6,14H,1-2,7-9H2. The SMILES string of the molecule is OC1(CSc2ccc(Cl)cc2)CCCC1. The Hall–Kier alpha value is -0.180. The molecule has 1 saturated carbocycles. The molecule has 0 spiro atoms. The lowest BCUT2D eigenvalue weighted by atomic mass is 10.1. The minimum absolute atomic E-state index is 0.426. The second-order valence-electron chi connectivity index (χ2n) is 4.17. The largest absolute Gasteiger partial charge is 0.389 e. The average molecular weight is 243 g/mol. The highest BCUT2D eigenvalue weighted by molar-refractivity contribution is 7.99. The summed E-state index contributed by atoms with van der Waals surface area (Å²) in [5.74, 6) is 0.800. The van der Waals surface area contributed by atoms with Gasteiger partial charge in [-0.3, -0.25) is 0 Å². The Morgan fingerprint density at radius 3 is 2.40 bits per heavy atom. The first-order valence-corrected chi connectivity index (χ1v) is 6.65. The third-order valence-electron chi connectivity index (χ3n) is 2.86. The molecule has 0 aliphatic heterocycles. The first kappa shape index (κ1) is 11.3. The molecule has 2 rings (SSSR count). The molecule has 1 N–H and O–H groups in total. The summed E-state index contributed by atoms with van der Waals surface area (Å²) in [6.07, 6.45) is 4.23. The van der Waals surface area contributed by atoms with E-state index in [1.165, 1.54) is 4.90 Å². The van der Waals surface area contributed by atoms with Crippen LogP contribution in [0.25, 0.3) is 0 Å². The number of thioether (sulfide) groups is 1. The van der Waals surface area contributed by atoms with Gasteiger partial charge in [0.15, 0.2) is 0 Å². The van der Waals surface area contributed by atoms with Crippen molar-refractivity contribution < 1.29 is 5.11 Å². The molecule has 15 heavy (non-hydrogen) atoms. The van der Waals surface area contributed by atoms with Crippen LogP contribution in [0.2, 0.25) is 5.02 Å². The zero-order valence-corrected chi connectivity index (χ0v) is 10.2. The van der Waals surface area contributed by atoms with Crippen molar-refractivity contribution in [1.82, 2.24) is 0 Å². The van der Waals surface area contributed by atoms with Gasteiger partial charge in [0.25, 0.3) is 0 Å². The van der Waals surface area contributed by atoms with E-state index in [0.717, 1.165) is 36.5 Å². The molecule has 1 nitrogen and oxygen atoms in total. The van der Waals surface area contributed by atoms with Crippen molar-refractivity contribution in [3.05, 3.63) is 29.3 Å². The van der Waals surface area contributed by atoms with Crippen LogP contribution in [0.1, 0.15) is 25.7 Å². The Morgan fingerprint density at radius 1 is 1.20 bits per heavy atom. The van der Waals surface area contributed by atoms with Crippen LogP contribution in [0.3, 0.4) is 0 Å². The maximum atomic E-state index is 10.2. The Balaban J connectivity index is 1.90. The highest BCUT2D eigenvalue weighted by Gasteiger charge is 2.30. The molecular formula is C12H15ClOS. The predicted molar refractivity (Wildman–Crippen MR) is 65.6 cm³/mol. The topological polar surface area (TPSA) is 20.2 Å². The Labute approximate surface area is 99.8 Å². The van der Waals surface area contributed by atoms with Gasteiger partial charge in [0.05, 0.1) is 5.60 Å². The van der Waals surface area contributed by atoms with Gasteiger partial charge in [-0.25, -0.2) is 0 Å². The number of aliphatic hydroxyl groups is 1. The van der Waals surface area contributed by atoms with Crippen LogP contribution in [0.4, 0.5) is 0 Å². The van der Waals surface area contributed by atoms with E-state index in [0.29, 0.717) is 0 Å². The monoisotopic (exact) mass is 242 g/mol. The first-order valence-electron chi connectivity index (χ1n) is 5.29. The summed E-state index contributed by atoms with van der Waals surface area (Å²) in [5.41, 5.74) is -0.426. The van der Waals surface area contributed by atoms with Crippen LogP contribution in [-0.2, 0) is 0 Å². The summed E-state index contributed by atoms with van der Waals surface area (Å²) in [7, 11) is 0. The lowest BCUT2D eigenvalue weighted by molar-refractivity contribution is 0.0733. The van der Waals surface area contributed by atoms with Crippen molar-refractivity contribution >= 4 is 23.4 Å². The van der Waals surface area contributed by atoms with Crippen LogP contribution in [-0.4, -0.2) is 16.5 Å². The van der Waals surface area contributed by atoms with Gasteiger partial charge in [-0.1, -0.05) is 24.4 Å². The molecule has 0 heterocycles. The number of benzene rings is 1. The van der Waals surface area contributed by atoms with Crippen LogP contribution in [0, 0.1) is 0 Å². The maximum absolute atomic E-state index is 10.2. The third kappa shape index (κ3) is 3.13. The molecule has 1 aliphatic carbocycles. The van der Waals surface area contributed by atoms with E-state index in [1.54, 1.807) is 11.8 Å². The van der Waals surface area contributed by atoms with Crippen molar-refractivity contribution in [2.75, 3.05) is 5.75 Å². The molecule has 0 unspecified atom stereocenters. The van der Waals surface area contributed by atoms with E-state index >= 15 is 0 Å². The molecule has 0 saturated heterocycles. The molecule has 1 fully saturated rings. The second kappa shape index (κ2) is 4.77. The van der Waals surface area contributed by atoms with Gasteiger partial charge in [-0.05, 0) is 37.1 Å². The molecule has 0 atom stereocenters. The molecule has 0 amide bonds. The Morgan fingerprint density at radius 2 is 1.80 bits per heavy atom. The van der Waals surface area contributed by atoms with Gasteiger partial charge in [0.2, 0.25) is 0 Å². The van der Waals surface area contributed by atoms with Crippen molar-refractivity contribution in [2.24, 2.45) is 0 Å². The molecule has 3 heteroatoms. The van der Waals surface area contributed by atoms with E-state index in [4.69, 9.17) is 11.6 Å².